The van der Waals surface area contributed by atoms with Gasteiger partial charge in [0.2, 0.25) is 0 Å². The zero-order chi connectivity index (χ0) is 42.8. The summed E-state index contributed by atoms with van der Waals surface area (Å²) in [7, 11) is 0. The molecule has 0 bridgehead atoms. The Bertz CT molecular complexity index is 3920. The molecule has 0 aliphatic rings. The Kier molecular flexibility index (Phi) is 8.75. The zero-order valence-corrected chi connectivity index (χ0v) is 36.1. The molecule has 0 unspecified atom stereocenters. The van der Waals surface area contributed by atoms with E-state index in [1.165, 1.54) is 75.1 Å². The molecular formula is C62H39NOS. The molecule has 13 aromatic rings. The molecule has 0 aliphatic carbocycles. The van der Waals surface area contributed by atoms with E-state index in [2.05, 4.69) is 241 Å². The average molecular weight is 846 g/mol. The van der Waals surface area contributed by atoms with Crippen LogP contribution in [0.15, 0.2) is 241 Å². The molecule has 13 rings (SSSR count). The van der Waals surface area contributed by atoms with Crippen LogP contribution in [-0.2, 0) is 0 Å². The Balaban J connectivity index is 1.01. The van der Waals surface area contributed by atoms with Crippen LogP contribution in [0.25, 0.3) is 108 Å². The fourth-order valence-electron chi connectivity index (χ4n) is 9.96. The Labute approximate surface area is 380 Å². The van der Waals surface area contributed by atoms with Crippen molar-refractivity contribution in [1.82, 2.24) is 0 Å². The molecule has 2 nitrogen and oxygen atoms in total. The summed E-state index contributed by atoms with van der Waals surface area (Å²) in [5.74, 6) is 0. The first-order valence-electron chi connectivity index (χ1n) is 22.2. The number of para-hydroxylation sites is 1. The molecule has 65 heavy (non-hydrogen) atoms. The van der Waals surface area contributed by atoms with Gasteiger partial charge in [-0.15, -0.1) is 11.3 Å². The topological polar surface area (TPSA) is 16.4 Å². The number of furan rings is 1. The highest BCUT2D eigenvalue weighted by Crippen LogP contribution is 2.49. The second-order valence-corrected chi connectivity index (χ2v) is 17.8. The molecule has 0 atom stereocenters. The van der Waals surface area contributed by atoms with E-state index in [9.17, 15) is 0 Å². The highest BCUT2D eigenvalue weighted by Gasteiger charge is 2.23. The SMILES string of the molecule is c1ccc(-c2ccc(-c3ccc(N(c4ccc(-c5ccc(-c6ccccc6)c6sc7ccccc7c56)cc4)c4ccc5ccc6ccccc6c5c4)c4c3oc3ccccc34)cc2)cc1. The molecule has 0 saturated carbocycles. The Hall–Kier alpha value is -8.24. The Morgan fingerprint density at radius 1 is 0.338 bits per heavy atom. The maximum Gasteiger partial charge on any atom is 0.145 e. The lowest BCUT2D eigenvalue weighted by Crippen LogP contribution is -2.10. The predicted octanol–water partition coefficient (Wildman–Crippen LogP) is 18.4. The first-order chi connectivity index (χ1) is 32.2. The zero-order valence-electron chi connectivity index (χ0n) is 35.3. The monoisotopic (exact) mass is 845 g/mol. The van der Waals surface area contributed by atoms with Crippen molar-refractivity contribution in [2.45, 2.75) is 0 Å². The lowest BCUT2D eigenvalue weighted by molar-refractivity contribution is 0.670. The highest BCUT2D eigenvalue weighted by atomic mass is 32.1. The van der Waals surface area contributed by atoms with Gasteiger partial charge in [0.15, 0.2) is 0 Å². The van der Waals surface area contributed by atoms with Gasteiger partial charge in [-0.1, -0.05) is 188 Å². The molecule has 0 N–H and O–H groups in total. The van der Waals surface area contributed by atoms with Gasteiger partial charge >= 0.3 is 0 Å². The summed E-state index contributed by atoms with van der Waals surface area (Å²) in [6.45, 7) is 0. The summed E-state index contributed by atoms with van der Waals surface area (Å²) in [4.78, 5) is 2.42. The second kappa shape index (κ2) is 15.2. The van der Waals surface area contributed by atoms with E-state index in [0.29, 0.717) is 0 Å². The van der Waals surface area contributed by atoms with E-state index in [4.69, 9.17) is 4.42 Å². The van der Waals surface area contributed by atoms with Crippen LogP contribution in [0.2, 0.25) is 0 Å². The van der Waals surface area contributed by atoms with E-state index in [-0.39, 0.29) is 0 Å². The lowest BCUT2D eigenvalue weighted by Gasteiger charge is -2.27. The van der Waals surface area contributed by atoms with Crippen LogP contribution < -0.4 is 4.90 Å². The maximum atomic E-state index is 6.90. The second-order valence-electron chi connectivity index (χ2n) is 16.8. The molecular weight excluding hydrogens is 807 g/mol. The van der Waals surface area contributed by atoms with Crippen molar-refractivity contribution in [2.75, 3.05) is 4.90 Å². The minimum Gasteiger partial charge on any atom is -0.455 e. The van der Waals surface area contributed by atoms with Crippen molar-refractivity contribution in [3.05, 3.63) is 237 Å². The summed E-state index contributed by atoms with van der Waals surface area (Å²) in [5.41, 5.74) is 14.4. The normalized spacial score (nSPS) is 11.7. The van der Waals surface area contributed by atoms with Gasteiger partial charge in [-0.2, -0.15) is 0 Å². The molecule has 3 heteroatoms. The van der Waals surface area contributed by atoms with Gasteiger partial charge in [0.1, 0.15) is 11.2 Å². The van der Waals surface area contributed by atoms with Crippen LogP contribution >= 0.6 is 11.3 Å². The van der Waals surface area contributed by atoms with Gasteiger partial charge in [0.05, 0.1) is 11.1 Å². The molecule has 0 aliphatic heterocycles. The molecule has 0 spiro atoms. The fourth-order valence-corrected chi connectivity index (χ4v) is 11.2. The minimum absolute atomic E-state index is 0.864. The first kappa shape index (κ1) is 37.3. The molecule has 304 valence electrons. The molecule has 2 aromatic heterocycles. The van der Waals surface area contributed by atoms with Crippen molar-refractivity contribution < 1.29 is 4.42 Å². The van der Waals surface area contributed by atoms with Gasteiger partial charge in [0, 0.05) is 42.5 Å². The molecule has 0 radical (unpaired) electrons. The van der Waals surface area contributed by atoms with E-state index in [0.717, 1.165) is 50.1 Å². The van der Waals surface area contributed by atoms with Crippen molar-refractivity contribution in [3.8, 4) is 44.5 Å². The van der Waals surface area contributed by atoms with E-state index in [1.807, 2.05) is 11.3 Å². The highest BCUT2D eigenvalue weighted by molar-refractivity contribution is 7.26. The van der Waals surface area contributed by atoms with E-state index >= 15 is 0 Å². The summed E-state index contributed by atoms with van der Waals surface area (Å²) in [6, 6.07) is 85.8. The average Bonchev–Trinajstić information content (AvgIpc) is 3.97. The van der Waals surface area contributed by atoms with Crippen molar-refractivity contribution in [3.63, 3.8) is 0 Å². The number of benzene rings is 11. The van der Waals surface area contributed by atoms with E-state index in [1.54, 1.807) is 0 Å². The van der Waals surface area contributed by atoms with Gasteiger partial charge in [0.25, 0.3) is 0 Å². The van der Waals surface area contributed by atoms with Crippen LogP contribution in [0.4, 0.5) is 17.1 Å². The van der Waals surface area contributed by atoms with Gasteiger partial charge in [-0.25, -0.2) is 0 Å². The van der Waals surface area contributed by atoms with Crippen LogP contribution in [-0.4, -0.2) is 0 Å². The number of anilines is 3. The third-order valence-electron chi connectivity index (χ3n) is 13.1. The predicted molar refractivity (Wildman–Crippen MR) is 278 cm³/mol. The number of hydrogen-bond donors (Lipinski definition) is 0. The number of rotatable bonds is 7. The number of hydrogen-bond acceptors (Lipinski definition) is 3. The summed E-state index contributed by atoms with van der Waals surface area (Å²) in [6.07, 6.45) is 0. The maximum absolute atomic E-state index is 6.90. The summed E-state index contributed by atoms with van der Waals surface area (Å²) >= 11 is 1.88. The standard InChI is InChI=1S/C62H39NOS/c1-3-13-40(14-4-1)41-23-25-45(26-24-41)51-37-38-56(60-53-19-9-11-21-57(53)64-61(51)60)63(48-34-31-46-28-27-43-17-7-8-18-49(43)55(46)39-48)47-32-29-44(30-33-47)50-35-36-52(42-15-5-2-6-16-42)62-59(50)54-20-10-12-22-58(54)65-62/h1-39H. The fraction of sp³-hybridized carbons (Fsp3) is 0. The van der Waals surface area contributed by atoms with Crippen LogP contribution in [0, 0.1) is 0 Å². The molecule has 0 amide bonds. The molecule has 0 saturated heterocycles. The van der Waals surface area contributed by atoms with Crippen molar-refractivity contribution in [2.24, 2.45) is 0 Å². The summed E-state index contributed by atoms with van der Waals surface area (Å²) < 4.78 is 9.51. The largest absolute Gasteiger partial charge is 0.455 e. The Morgan fingerprint density at radius 3 is 1.68 bits per heavy atom. The van der Waals surface area contributed by atoms with Crippen LogP contribution in [0.1, 0.15) is 0 Å². The lowest BCUT2D eigenvalue weighted by atomic mass is 9.94. The van der Waals surface area contributed by atoms with Crippen LogP contribution in [0.5, 0.6) is 0 Å². The number of nitrogens with zero attached hydrogens (tertiary/aromatic N) is 1. The van der Waals surface area contributed by atoms with Crippen molar-refractivity contribution in [1.29, 1.82) is 0 Å². The molecule has 2 heterocycles. The smallest absolute Gasteiger partial charge is 0.145 e. The summed E-state index contributed by atoms with van der Waals surface area (Å²) in [5, 5.41) is 9.65. The van der Waals surface area contributed by atoms with Gasteiger partial charge in [-0.05, 0) is 109 Å². The third kappa shape index (κ3) is 6.24. The quantitative estimate of drug-likeness (QED) is 0.149. The Morgan fingerprint density at radius 2 is 0.877 bits per heavy atom. The molecule has 11 aromatic carbocycles. The third-order valence-corrected chi connectivity index (χ3v) is 14.3. The van der Waals surface area contributed by atoms with Crippen LogP contribution in [0.3, 0.4) is 0 Å². The van der Waals surface area contributed by atoms with Crippen molar-refractivity contribution >= 4 is 92.1 Å². The van der Waals surface area contributed by atoms with Gasteiger partial charge < -0.3 is 9.32 Å². The number of fused-ring (bicyclic) bond motifs is 9. The van der Waals surface area contributed by atoms with Gasteiger partial charge in [-0.3, -0.25) is 0 Å². The van der Waals surface area contributed by atoms with E-state index < -0.39 is 0 Å². The minimum atomic E-state index is 0.864. The number of thiophene rings is 1. The first-order valence-corrected chi connectivity index (χ1v) is 23.0. The molecule has 0 fully saturated rings.